The highest BCUT2D eigenvalue weighted by Gasteiger charge is 2.25. The van der Waals surface area contributed by atoms with E-state index in [4.69, 9.17) is 0 Å². The monoisotopic (exact) mass is 293 g/mol. The summed E-state index contributed by atoms with van der Waals surface area (Å²) in [5, 5.41) is 3.49. The second kappa shape index (κ2) is 7.92. The summed E-state index contributed by atoms with van der Waals surface area (Å²) in [7, 11) is 6.55. The van der Waals surface area contributed by atoms with Gasteiger partial charge >= 0.3 is 0 Å². The van der Waals surface area contributed by atoms with E-state index in [1.54, 1.807) is 0 Å². The van der Waals surface area contributed by atoms with Crippen LogP contribution in [0.5, 0.6) is 0 Å². The van der Waals surface area contributed by atoms with Gasteiger partial charge in [-0.25, -0.2) is 4.98 Å². The summed E-state index contributed by atoms with van der Waals surface area (Å²) in [6.07, 6.45) is 7.38. The maximum Gasteiger partial charge on any atom is 0.110 e. The lowest BCUT2D eigenvalue weighted by Crippen LogP contribution is -2.52. The highest BCUT2D eigenvalue weighted by Crippen LogP contribution is 2.14. The molecule has 2 atom stereocenters. The maximum absolute atomic E-state index is 4.55. The first kappa shape index (κ1) is 16.5. The SMILES string of the molecule is CCCn1ccnc1CC(CC1CN(C)CCN1C)NC. The zero-order valence-corrected chi connectivity index (χ0v) is 14.0. The van der Waals surface area contributed by atoms with Crippen LogP contribution < -0.4 is 5.32 Å². The molecule has 21 heavy (non-hydrogen) atoms. The van der Waals surface area contributed by atoms with Crippen molar-refractivity contribution in [1.29, 1.82) is 0 Å². The van der Waals surface area contributed by atoms with Gasteiger partial charge in [-0.05, 0) is 34.0 Å². The van der Waals surface area contributed by atoms with E-state index in [1.165, 1.54) is 25.3 Å². The number of nitrogens with one attached hydrogen (secondary N) is 1. The Bertz CT molecular complexity index is 417. The molecule has 5 heteroatoms. The van der Waals surface area contributed by atoms with Crippen molar-refractivity contribution in [3.8, 4) is 0 Å². The van der Waals surface area contributed by atoms with Crippen LogP contribution in [0.15, 0.2) is 12.4 Å². The van der Waals surface area contributed by atoms with Crippen LogP contribution in [0.1, 0.15) is 25.6 Å². The molecule has 1 aromatic heterocycles. The van der Waals surface area contributed by atoms with Gasteiger partial charge in [-0.3, -0.25) is 0 Å². The third-order valence-corrected chi connectivity index (χ3v) is 4.64. The molecule has 0 saturated carbocycles. The molecule has 1 aliphatic heterocycles. The van der Waals surface area contributed by atoms with Crippen LogP contribution in [0.3, 0.4) is 0 Å². The predicted octanol–water partition coefficient (Wildman–Crippen LogP) is 1.06. The Morgan fingerprint density at radius 1 is 1.38 bits per heavy atom. The first-order valence-corrected chi connectivity index (χ1v) is 8.20. The van der Waals surface area contributed by atoms with Gasteiger partial charge in [-0.15, -0.1) is 0 Å². The van der Waals surface area contributed by atoms with Crippen molar-refractivity contribution in [3.63, 3.8) is 0 Å². The van der Waals surface area contributed by atoms with Crippen molar-refractivity contribution < 1.29 is 0 Å². The van der Waals surface area contributed by atoms with E-state index in [9.17, 15) is 0 Å². The van der Waals surface area contributed by atoms with E-state index in [-0.39, 0.29) is 0 Å². The Hall–Kier alpha value is -0.910. The fourth-order valence-electron chi connectivity index (χ4n) is 3.18. The smallest absolute Gasteiger partial charge is 0.110 e. The van der Waals surface area contributed by atoms with Crippen LogP contribution in [-0.2, 0) is 13.0 Å². The molecule has 120 valence electrons. The molecule has 1 saturated heterocycles. The van der Waals surface area contributed by atoms with E-state index >= 15 is 0 Å². The van der Waals surface area contributed by atoms with Crippen LogP contribution in [0, 0.1) is 0 Å². The Kier molecular flexibility index (Phi) is 6.21. The van der Waals surface area contributed by atoms with Gasteiger partial charge < -0.3 is 19.7 Å². The van der Waals surface area contributed by atoms with E-state index in [1.807, 2.05) is 6.20 Å². The largest absolute Gasteiger partial charge is 0.335 e. The standard InChI is InChI=1S/C16H31N5/c1-5-7-21-8-6-18-16(21)12-14(17-2)11-15-13-19(3)9-10-20(15)4/h6,8,14-15,17H,5,7,9-13H2,1-4H3. The summed E-state index contributed by atoms with van der Waals surface area (Å²) < 4.78 is 2.29. The summed E-state index contributed by atoms with van der Waals surface area (Å²) >= 11 is 0. The molecule has 1 aromatic rings. The highest BCUT2D eigenvalue weighted by atomic mass is 15.3. The van der Waals surface area contributed by atoms with E-state index in [0.29, 0.717) is 12.1 Å². The number of imidazole rings is 1. The molecular weight excluding hydrogens is 262 g/mol. The molecule has 0 spiro atoms. The molecular formula is C16H31N5. The Morgan fingerprint density at radius 2 is 2.19 bits per heavy atom. The third kappa shape index (κ3) is 4.53. The number of nitrogens with zero attached hydrogens (tertiary/aromatic N) is 4. The number of hydrogen-bond donors (Lipinski definition) is 1. The van der Waals surface area contributed by atoms with Crippen LogP contribution in [0.25, 0.3) is 0 Å². The number of rotatable bonds is 7. The molecule has 2 rings (SSSR count). The number of piperazine rings is 1. The van der Waals surface area contributed by atoms with Crippen molar-refractivity contribution in [3.05, 3.63) is 18.2 Å². The molecule has 5 nitrogen and oxygen atoms in total. The third-order valence-electron chi connectivity index (χ3n) is 4.64. The quantitative estimate of drug-likeness (QED) is 0.815. The van der Waals surface area contributed by atoms with Crippen molar-refractivity contribution in [1.82, 2.24) is 24.7 Å². The number of aryl methyl sites for hydroxylation is 1. The Balaban J connectivity index is 1.94. The van der Waals surface area contributed by atoms with Crippen molar-refractivity contribution in [2.75, 3.05) is 40.8 Å². The topological polar surface area (TPSA) is 36.3 Å². The van der Waals surface area contributed by atoms with Gasteiger partial charge in [0.25, 0.3) is 0 Å². The van der Waals surface area contributed by atoms with Crippen molar-refractivity contribution >= 4 is 0 Å². The number of likely N-dealkylation sites (N-methyl/N-ethyl adjacent to an activating group) is 3. The number of aromatic nitrogens is 2. The van der Waals surface area contributed by atoms with Crippen LogP contribution in [0.4, 0.5) is 0 Å². The average Bonchev–Trinajstić information content (AvgIpc) is 2.89. The van der Waals surface area contributed by atoms with E-state index in [2.05, 4.69) is 58.9 Å². The van der Waals surface area contributed by atoms with Crippen LogP contribution in [0.2, 0.25) is 0 Å². The summed E-state index contributed by atoms with van der Waals surface area (Å²) in [4.78, 5) is 9.49. The maximum atomic E-state index is 4.55. The molecule has 0 bridgehead atoms. The molecule has 2 heterocycles. The second-order valence-corrected chi connectivity index (χ2v) is 6.36. The lowest BCUT2D eigenvalue weighted by atomic mass is 10.0. The van der Waals surface area contributed by atoms with Gasteiger partial charge in [0.2, 0.25) is 0 Å². The van der Waals surface area contributed by atoms with E-state index in [0.717, 1.165) is 25.9 Å². The van der Waals surface area contributed by atoms with Gasteiger partial charge in [0, 0.05) is 57.1 Å². The minimum atomic E-state index is 0.488. The summed E-state index contributed by atoms with van der Waals surface area (Å²) in [6.45, 7) is 6.79. The zero-order chi connectivity index (χ0) is 15.2. The van der Waals surface area contributed by atoms with Crippen molar-refractivity contribution in [2.24, 2.45) is 0 Å². The molecule has 2 unspecified atom stereocenters. The average molecular weight is 293 g/mol. The molecule has 0 amide bonds. The summed E-state index contributed by atoms with van der Waals surface area (Å²) in [5.74, 6) is 1.21. The minimum absolute atomic E-state index is 0.488. The van der Waals surface area contributed by atoms with E-state index < -0.39 is 0 Å². The van der Waals surface area contributed by atoms with Crippen LogP contribution in [-0.4, -0.2) is 72.2 Å². The lowest BCUT2D eigenvalue weighted by Gasteiger charge is -2.39. The zero-order valence-electron chi connectivity index (χ0n) is 14.0. The van der Waals surface area contributed by atoms with Gasteiger partial charge in [0.1, 0.15) is 5.82 Å². The molecule has 0 radical (unpaired) electrons. The first-order valence-electron chi connectivity index (χ1n) is 8.20. The molecule has 1 aliphatic rings. The lowest BCUT2D eigenvalue weighted by molar-refractivity contribution is 0.101. The van der Waals surface area contributed by atoms with Gasteiger partial charge in [0.15, 0.2) is 0 Å². The highest BCUT2D eigenvalue weighted by molar-refractivity contribution is 4.97. The Morgan fingerprint density at radius 3 is 2.90 bits per heavy atom. The van der Waals surface area contributed by atoms with Gasteiger partial charge in [-0.2, -0.15) is 0 Å². The molecule has 1 fully saturated rings. The summed E-state index contributed by atoms with van der Waals surface area (Å²) in [5.41, 5.74) is 0. The van der Waals surface area contributed by atoms with Gasteiger partial charge in [-0.1, -0.05) is 6.92 Å². The fourth-order valence-corrected chi connectivity index (χ4v) is 3.18. The predicted molar refractivity (Wildman–Crippen MR) is 87.6 cm³/mol. The fraction of sp³-hybridized carbons (Fsp3) is 0.812. The first-order chi connectivity index (χ1) is 10.1. The Labute approximate surface area is 129 Å². The second-order valence-electron chi connectivity index (χ2n) is 6.36. The van der Waals surface area contributed by atoms with Crippen molar-refractivity contribution in [2.45, 2.75) is 44.8 Å². The summed E-state index contributed by atoms with van der Waals surface area (Å²) in [6, 6.07) is 1.12. The molecule has 0 aliphatic carbocycles. The molecule has 0 aromatic carbocycles. The minimum Gasteiger partial charge on any atom is -0.335 e. The molecule has 1 N–H and O–H groups in total. The van der Waals surface area contributed by atoms with Crippen LogP contribution >= 0.6 is 0 Å². The normalized spacial score (nSPS) is 22.6. The van der Waals surface area contributed by atoms with Gasteiger partial charge in [0.05, 0.1) is 0 Å². The number of hydrogen-bond acceptors (Lipinski definition) is 4.